The van der Waals surface area contributed by atoms with E-state index >= 15 is 0 Å². The number of furan rings is 1. The number of hydrogen-bond donors (Lipinski definition) is 0. The van der Waals surface area contributed by atoms with Gasteiger partial charge in [-0.15, -0.1) is 0 Å². The van der Waals surface area contributed by atoms with Crippen molar-refractivity contribution >= 4 is 22.8 Å². The minimum absolute atomic E-state index is 0.0793. The lowest BCUT2D eigenvalue weighted by atomic mass is 10.1. The molecule has 28 heavy (non-hydrogen) atoms. The molecule has 0 spiro atoms. The topological polar surface area (TPSA) is 56.5 Å². The van der Waals surface area contributed by atoms with Gasteiger partial charge < -0.3 is 9.15 Å². The molecule has 146 valence electrons. The van der Waals surface area contributed by atoms with Crippen LogP contribution in [0.2, 0.25) is 0 Å². The lowest BCUT2D eigenvalue weighted by molar-refractivity contribution is -0.147. The summed E-state index contributed by atoms with van der Waals surface area (Å²) in [6.07, 6.45) is 5.17. The first-order chi connectivity index (χ1) is 13.4. The number of benzene rings is 1. The fourth-order valence-electron chi connectivity index (χ4n) is 3.89. The van der Waals surface area contributed by atoms with Crippen LogP contribution in [0.15, 0.2) is 58.7 Å². The molecular formula is C23H24O4S. The summed E-state index contributed by atoms with van der Waals surface area (Å²) in [5, 5.41) is 0.152. The quantitative estimate of drug-likeness (QED) is 0.520. The molecule has 2 aromatic rings. The van der Waals surface area contributed by atoms with Crippen molar-refractivity contribution in [1.82, 2.24) is 0 Å². The van der Waals surface area contributed by atoms with E-state index in [0.717, 1.165) is 29.1 Å². The molecule has 2 atom stereocenters. The zero-order chi connectivity index (χ0) is 19.7. The molecule has 0 amide bonds. The molecule has 1 aliphatic heterocycles. The van der Waals surface area contributed by atoms with Gasteiger partial charge >= 0.3 is 5.97 Å². The van der Waals surface area contributed by atoms with Gasteiger partial charge in [0.25, 0.3) is 0 Å². The molecule has 1 aromatic heterocycles. The Morgan fingerprint density at radius 3 is 2.79 bits per heavy atom. The van der Waals surface area contributed by atoms with Crippen LogP contribution >= 0.6 is 11.8 Å². The molecule has 2 fully saturated rings. The van der Waals surface area contributed by atoms with Crippen LogP contribution in [0.25, 0.3) is 0 Å². The second-order valence-corrected chi connectivity index (χ2v) is 9.16. The predicted molar refractivity (Wildman–Crippen MR) is 109 cm³/mol. The van der Waals surface area contributed by atoms with Gasteiger partial charge in [0.05, 0.1) is 12.2 Å². The van der Waals surface area contributed by atoms with Crippen LogP contribution in [0.4, 0.5) is 0 Å². The number of thioether (sulfide) groups is 1. The van der Waals surface area contributed by atoms with Crippen LogP contribution in [0, 0.1) is 17.3 Å². The van der Waals surface area contributed by atoms with Crippen molar-refractivity contribution in [2.75, 3.05) is 5.75 Å². The normalized spacial score (nSPS) is 24.5. The standard InChI is InChI=1S/C23H24O4S/c1-23(2)19(12-17-8-9-28-22(17)25)20(23)21(24)27-14-16-11-18(26-13-16)10-15-6-4-3-5-7-15/h3-7,11-13,19-20H,8-10,14H2,1-2H3/t19?,20-/m1/s1. The SMILES string of the molecule is CC1(C)C(C=C2CCSC2=O)[C@@H]1C(=O)OCc1coc(Cc2ccccc2)c1. The Kier molecular flexibility index (Phi) is 5.19. The van der Waals surface area contributed by atoms with Crippen molar-refractivity contribution in [3.8, 4) is 0 Å². The van der Waals surface area contributed by atoms with Crippen LogP contribution in [-0.2, 0) is 27.4 Å². The predicted octanol–water partition coefficient (Wildman–Crippen LogP) is 4.78. The lowest BCUT2D eigenvalue weighted by Gasteiger charge is -2.03. The van der Waals surface area contributed by atoms with Gasteiger partial charge in [0, 0.05) is 23.3 Å². The van der Waals surface area contributed by atoms with Crippen LogP contribution < -0.4 is 0 Å². The van der Waals surface area contributed by atoms with E-state index in [1.807, 2.05) is 30.3 Å². The average molecular weight is 397 g/mol. The zero-order valence-corrected chi connectivity index (χ0v) is 17.0. The maximum atomic E-state index is 12.6. The maximum absolute atomic E-state index is 12.6. The third kappa shape index (κ3) is 3.95. The molecule has 2 aliphatic rings. The van der Waals surface area contributed by atoms with Crippen molar-refractivity contribution in [3.63, 3.8) is 0 Å². The van der Waals surface area contributed by atoms with Gasteiger partial charge in [-0.3, -0.25) is 9.59 Å². The highest BCUT2D eigenvalue weighted by Crippen LogP contribution is 2.60. The molecule has 1 aromatic carbocycles. The fourth-order valence-corrected chi connectivity index (χ4v) is 4.75. The molecule has 0 N–H and O–H groups in total. The highest BCUT2D eigenvalue weighted by molar-refractivity contribution is 8.14. The Morgan fingerprint density at radius 2 is 2.07 bits per heavy atom. The molecule has 4 rings (SSSR count). The van der Waals surface area contributed by atoms with Crippen molar-refractivity contribution in [1.29, 1.82) is 0 Å². The first kappa shape index (κ1) is 19.1. The van der Waals surface area contributed by atoms with Crippen LogP contribution in [-0.4, -0.2) is 16.8 Å². The Labute approximate surface area is 169 Å². The third-order valence-corrected chi connectivity index (χ3v) is 6.66. The van der Waals surface area contributed by atoms with Gasteiger partial charge in [0.15, 0.2) is 0 Å². The van der Waals surface area contributed by atoms with Crippen LogP contribution in [0.3, 0.4) is 0 Å². The summed E-state index contributed by atoms with van der Waals surface area (Å²) in [5.41, 5.74) is 2.73. The van der Waals surface area contributed by atoms with E-state index in [9.17, 15) is 9.59 Å². The third-order valence-electron chi connectivity index (χ3n) is 5.72. The molecule has 0 bridgehead atoms. The van der Waals surface area contributed by atoms with Crippen LogP contribution in [0.5, 0.6) is 0 Å². The highest BCUT2D eigenvalue weighted by Gasteiger charge is 2.61. The monoisotopic (exact) mass is 396 g/mol. The van der Waals surface area contributed by atoms with E-state index < -0.39 is 0 Å². The zero-order valence-electron chi connectivity index (χ0n) is 16.1. The highest BCUT2D eigenvalue weighted by atomic mass is 32.2. The Hall–Kier alpha value is -2.27. The van der Waals surface area contributed by atoms with Crippen molar-refractivity contribution in [3.05, 3.63) is 71.2 Å². The average Bonchev–Trinajstić information content (AvgIpc) is 3.03. The maximum Gasteiger partial charge on any atom is 0.310 e. The second kappa shape index (κ2) is 7.63. The van der Waals surface area contributed by atoms with Gasteiger partial charge in [-0.05, 0) is 29.4 Å². The Bertz CT molecular complexity index is 910. The van der Waals surface area contributed by atoms with Gasteiger partial charge in [0.2, 0.25) is 5.12 Å². The summed E-state index contributed by atoms with van der Waals surface area (Å²) in [7, 11) is 0. The lowest BCUT2D eigenvalue weighted by Crippen LogP contribution is -2.10. The summed E-state index contributed by atoms with van der Waals surface area (Å²) < 4.78 is 11.2. The van der Waals surface area contributed by atoms with E-state index in [1.165, 1.54) is 17.3 Å². The molecule has 0 radical (unpaired) electrons. The first-order valence-electron chi connectivity index (χ1n) is 9.60. The Morgan fingerprint density at radius 1 is 1.29 bits per heavy atom. The van der Waals surface area contributed by atoms with Gasteiger partial charge in [-0.1, -0.05) is 62.0 Å². The van der Waals surface area contributed by atoms with Crippen LogP contribution in [0.1, 0.15) is 37.2 Å². The molecule has 1 unspecified atom stereocenters. The van der Waals surface area contributed by atoms with Crippen molar-refractivity contribution < 1.29 is 18.7 Å². The van der Waals surface area contributed by atoms with E-state index in [0.29, 0.717) is 6.42 Å². The van der Waals surface area contributed by atoms with Gasteiger partial charge in [-0.2, -0.15) is 0 Å². The van der Waals surface area contributed by atoms with E-state index in [1.54, 1.807) is 6.26 Å². The molecule has 1 saturated carbocycles. The number of rotatable bonds is 6. The summed E-state index contributed by atoms with van der Waals surface area (Å²) in [5.74, 6) is 1.39. The smallest absolute Gasteiger partial charge is 0.310 e. The van der Waals surface area contributed by atoms with E-state index in [-0.39, 0.29) is 34.9 Å². The summed E-state index contributed by atoms with van der Waals surface area (Å²) in [6, 6.07) is 12.0. The molecule has 1 saturated heterocycles. The first-order valence-corrected chi connectivity index (χ1v) is 10.6. The van der Waals surface area contributed by atoms with Gasteiger partial charge in [0.1, 0.15) is 12.4 Å². The molecule has 5 heteroatoms. The minimum Gasteiger partial charge on any atom is -0.469 e. The van der Waals surface area contributed by atoms with Crippen molar-refractivity contribution in [2.24, 2.45) is 17.3 Å². The number of hydrogen-bond acceptors (Lipinski definition) is 5. The summed E-state index contributed by atoms with van der Waals surface area (Å²) in [4.78, 5) is 24.4. The minimum atomic E-state index is -0.198. The molecular weight excluding hydrogens is 372 g/mol. The summed E-state index contributed by atoms with van der Waals surface area (Å²) in [6.45, 7) is 4.33. The van der Waals surface area contributed by atoms with Crippen molar-refractivity contribution in [2.45, 2.75) is 33.3 Å². The molecule has 1 aliphatic carbocycles. The molecule has 4 nitrogen and oxygen atoms in total. The number of carbonyl (C=O) groups excluding carboxylic acids is 2. The second-order valence-electron chi connectivity index (χ2n) is 8.09. The number of esters is 1. The largest absolute Gasteiger partial charge is 0.469 e. The summed E-state index contributed by atoms with van der Waals surface area (Å²) >= 11 is 1.36. The van der Waals surface area contributed by atoms with Gasteiger partial charge in [-0.25, -0.2) is 0 Å². The fraction of sp³-hybridized carbons (Fsp3) is 0.391. The Balaban J connectivity index is 1.33. The molecule has 2 heterocycles. The number of carbonyl (C=O) groups is 2. The number of ether oxygens (including phenoxy) is 1. The van der Waals surface area contributed by atoms with E-state index in [4.69, 9.17) is 9.15 Å². The van der Waals surface area contributed by atoms with E-state index in [2.05, 4.69) is 26.0 Å². The number of allylic oxidation sites excluding steroid dienone is 1.